The van der Waals surface area contributed by atoms with Gasteiger partial charge in [-0.1, -0.05) is 49.9 Å². The number of hydrogen-bond acceptors (Lipinski definition) is 1. The Bertz CT molecular complexity index is 451. The highest BCUT2D eigenvalue weighted by atomic mass is 16.4. The van der Waals surface area contributed by atoms with E-state index in [1.807, 2.05) is 0 Å². The molecule has 2 heteroatoms. The Morgan fingerprint density at radius 1 is 1.00 bits per heavy atom. The van der Waals surface area contributed by atoms with Gasteiger partial charge in [0.2, 0.25) is 0 Å². The van der Waals surface area contributed by atoms with E-state index in [1.165, 1.54) is 37.7 Å². The predicted octanol–water partition coefficient (Wildman–Crippen LogP) is 4.24. The first-order chi connectivity index (χ1) is 9.22. The van der Waals surface area contributed by atoms with E-state index in [1.54, 1.807) is 0 Å². The second kappa shape index (κ2) is 4.99. The van der Waals surface area contributed by atoms with E-state index < -0.39 is 11.4 Å². The summed E-state index contributed by atoms with van der Waals surface area (Å²) in [5.41, 5.74) is 1.83. The molecule has 0 heterocycles. The summed E-state index contributed by atoms with van der Waals surface area (Å²) in [6.45, 7) is 0. The number of carbonyl (C=O) groups is 1. The van der Waals surface area contributed by atoms with E-state index in [-0.39, 0.29) is 0 Å². The van der Waals surface area contributed by atoms with Crippen molar-refractivity contribution in [3.8, 4) is 0 Å². The molecule has 0 bridgehead atoms. The van der Waals surface area contributed by atoms with Gasteiger partial charge in [-0.05, 0) is 42.7 Å². The van der Waals surface area contributed by atoms with Gasteiger partial charge >= 0.3 is 5.97 Å². The highest BCUT2D eigenvalue weighted by Crippen LogP contribution is 2.44. The van der Waals surface area contributed by atoms with E-state index in [0.29, 0.717) is 5.92 Å². The molecule has 0 amide bonds. The van der Waals surface area contributed by atoms with Gasteiger partial charge in [-0.2, -0.15) is 0 Å². The van der Waals surface area contributed by atoms with Crippen LogP contribution in [0.5, 0.6) is 0 Å². The molecule has 0 radical (unpaired) electrons. The molecule has 0 aromatic heterocycles. The summed E-state index contributed by atoms with van der Waals surface area (Å²) in [6, 6.07) is 8.48. The van der Waals surface area contributed by atoms with Gasteiger partial charge in [0.15, 0.2) is 0 Å². The molecule has 2 saturated carbocycles. The van der Waals surface area contributed by atoms with Gasteiger partial charge in [0.1, 0.15) is 0 Å². The molecule has 1 N–H and O–H groups in total. The predicted molar refractivity (Wildman–Crippen MR) is 75.4 cm³/mol. The summed E-state index contributed by atoms with van der Waals surface area (Å²) >= 11 is 0. The molecule has 1 aromatic rings. The molecule has 0 spiro atoms. The molecule has 0 saturated heterocycles. The third-order valence-electron chi connectivity index (χ3n) is 5.16. The number of aliphatic carboxylic acids is 1. The fraction of sp³-hybridized carbons (Fsp3) is 0.588. The van der Waals surface area contributed by atoms with Crippen molar-refractivity contribution in [3.63, 3.8) is 0 Å². The Labute approximate surface area is 114 Å². The third kappa shape index (κ3) is 2.18. The van der Waals surface area contributed by atoms with Gasteiger partial charge in [0, 0.05) is 0 Å². The van der Waals surface area contributed by atoms with E-state index in [9.17, 15) is 9.90 Å². The Kier molecular flexibility index (Phi) is 3.34. The quantitative estimate of drug-likeness (QED) is 0.880. The number of carboxylic acid groups (broad SMARTS) is 1. The molecule has 2 aliphatic rings. The van der Waals surface area contributed by atoms with E-state index >= 15 is 0 Å². The first kappa shape index (κ1) is 12.7. The maximum atomic E-state index is 11.5. The Balaban J connectivity index is 1.80. The van der Waals surface area contributed by atoms with Gasteiger partial charge in [-0.25, -0.2) is 0 Å². The monoisotopic (exact) mass is 258 g/mol. The summed E-state index contributed by atoms with van der Waals surface area (Å²) in [5, 5.41) is 9.46. The molecule has 0 aliphatic heterocycles. The van der Waals surface area contributed by atoms with Crippen molar-refractivity contribution in [3.05, 3.63) is 35.4 Å². The smallest absolute Gasteiger partial charge is 0.314 e. The zero-order valence-electron chi connectivity index (χ0n) is 11.4. The summed E-state index contributed by atoms with van der Waals surface area (Å²) in [5.74, 6) is 0.0501. The second-order valence-corrected chi connectivity index (χ2v) is 6.20. The average molecular weight is 258 g/mol. The highest BCUT2D eigenvalue weighted by molar-refractivity contribution is 5.82. The van der Waals surface area contributed by atoms with Crippen LogP contribution in [0.15, 0.2) is 24.3 Å². The van der Waals surface area contributed by atoms with Crippen LogP contribution in [0.3, 0.4) is 0 Å². The number of carboxylic acids is 1. The van der Waals surface area contributed by atoms with Crippen LogP contribution in [0.2, 0.25) is 0 Å². The zero-order chi connectivity index (χ0) is 13.3. The molecule has 1 aromatic carbocycles. The summed E-state index contributed by atoms with van der Waals surface area (Å²) in [4.78, 5) is 11.5. The summed E-state index contributed by atoms with van der Waals surface area (Å²) in [6.07, 6.45) is 9.27. The Morgan fingerprint density at radius 2 is 1.63 bits per heavy atom. The van der Waals surface area contributed by atoms with Crippen LogP contribution < -0.4 is 0 Å². The summed E-state index contributed by atoms with van der Waals surface area (Å²) < 4.78 is 0. The first-order valence-corrected chi connectivity index (χ1v) is 7.56. The van der Waals surface area contributed by atoms with Crippen molar-refractivity contribution in [1.82, 2.24) is 0 Å². The molecule has 2 aliphatic carbocycles. The van der Waals surface area contributed by atoms with Crippen molar-refractivity contribution in [2.24, 2.45) is 0 Å². The van der Waals surface area contributed by atoms with Crippen LogP contribution in [0.4, 0.5) is 0 Å². The molecule has 2 fully saturated rings. The molecule has 3 rings (SSSR count). The lowest BCUT2D eigenvalue weighted by atomic mass is 9.64. The van der Waals surface area contributed by atoms with Gasteiger partial charge in [0.25, 0.3) is 0 Å². The van der Waals surface area contributed by atoms with Crippen LogP contribution in [0, 0.1) is 0 Å². The fourth-order valence-corrected chi connectivity index (χ4v) is 3.67. The normalized spacial score (nSPS) is 22.7. The van der Waals surface area contributed by atoms with Gasteiger partial charge in [-0.3, -0.25) is 4.79 Å². The maximum Gasteiger partial charge on any atom is 0.314 e. The van der Waals surface area contributed by atoms with E-state index in [0.717, 1.165) is 24.8 Å². The van der Waals surface area contributed by atoms with Crippen molar-refractivity contribution in [2.75, 3.05) is 0 Å². The van der Waals surface area contributed by atoms with Crippen molar-refractivity contribution in [1.29, 1.82) is 0 Å². The molecular formula is C17H22O2. The molecule has 102 valence electrons. The lowest BCUT2D eigenvalue weighted by molar-refractivity contribution is -0.147. The largest absolute Gasteiger partial charge is 0.481 e. The molecule has 19 heavy (non-hydrogen) atoms. The first-order valence-electron chi connectivity index (χ1n) is 7.56. The molecule has 0 atom stereocenters. The standard InChI is InChI=1S/C17H22O2/c18-16(19)17(11-4-12-17)15-9-7-14(8-10-15)13-5-2-1-3-6-13/h7-10,13H,1-6,11-12H2,(H,18,19). The molecular weight excluding hydrogens is 236 g/mol. The maximum absolute atomic E-state index is 11.5. The van der Waals surface area contributed by atoms with Crippen LogP contribution in [0.1, 0.15) is 68.4 Å². The topological polar surface area (TPSA) is 37.3 Å². The van der Waals surface area contributed by atoms with Crippen molar-refractivity contribution >= 4 is 5.97 Å². The zero-order valence-corrected chi connectivity index (χ0v) is 11.4. The number of benzene rings is 1. The summed E-state index contributed by atoms with van der Waals surface area (Å²) in [7, 11) is 0. The van der Waals surface area contributed by atoms with E-state index in [4.69, 9.17) is 0 Å². The number of rotatable bonds is 3. The van der Waals surface area contributed by atoms with Crippen molar-refractivity contribution in [2.45, 2.75) is 62.7 Å². The number of hydrogen-bond donors (Lipinski definition) is 1. The SMILES string of the molecule is O=C(O)C1(c2ccc(C3CCCCC3)cc2)CCC1. The lowest BCUT2D eigenvalue weighted by Crippen LogP contribution is -2.42. The minimum atomic E-state index is -0.649. The minimum Gasteiger partial charge on any atom is -0.481 e. The highest BCUT2D eigenvalue weighted by Gasteiger charge is 2.45. The van der Waals surface area contributed by atoms with Gasteiger partial charge in [-0.15, -0.1) is 0 Å². The lowest BCUT2D eigenvalue weighted by Gasteiger charge is -2.38. The van der Waals surface area contributed by atoms with E-state index in [2.05, 4.69) is 24.3 Å². The van der Waals surface area contributed by atoms with Crippen LogP contribution in [-0.4, -0.2) is 11.1 Å². The van der Waals surface area contributed by atoms with Crippen LogP contribution >= 0.6 is 0 Å². The minimum absolute atomic E-state index is 0.578. The Morgan fingerprint density at radius 3 is 2.11 bits per heavy atom. The Hall–Kier alpha value is -1.31. The molecule has 2 nitrogen and oxygen atoms in total. The second-order valence-electron chi connectivity index (χ2n) is 6.20. The van der Waals surface area contributed by atoms with Crippen LogP contribution in [-0.2, 0) is 10.2 Å². The average Bonchev–Trinajstić information content (AvgIpc) is 2.39. The van der Waals surface area contributed by atoms with Crippen LogP contribution in [0.25, 0.3) is 0 Å². The van der Waals surface area contributed by atoms with Crippen molar-refractivity contribution < 1.29 is 9.90 Å². The fourth-order valence-electron chi connectivity index (χ4n) is 3.67. The third-order valence-corrected chi connectivity index (χ3v) is 5.16. The van der Waals surface area contributed by atoms with Gasteiger partial charge in [0.05, 0.1) is 5.41 Å². The molecule has 0 unspecified atom stereocenters. The van der Waals surface area contributed by atoms with Gasteiger partial charge < -0.3 is 5.11 Å².